The van der Waals surface area contributed by atoms with Gasteiger partial charge < -0.3 is 24.0 Å². The minimum atomic E-state index is -0.821. The van der Waals surface area contributed by atoms with Gasteiger partial charge in [0.2, 0.25) is 0 Å². The molecule has 3 aromatic rings. The number of methoxy groups -OCH3 is 2. The molecule has 1 aliphatic rings. The minimum Gasteiger partial charge on any atom is -0.507 e. The molecule has 1 N–H and O–H groups in total. The zero-order valence-corrected chi connectivity index (χ0v) is 18.5. The van der Waals surface area contributed by atoms with Gasteiger partial charge in [-0.2, -0.15) is 0 Å². The number of hydrogen-bond acceptors (Lipinski definition) is 6. The number of hydrogen-bond donors (Lipinski definition) is 1. The minimum absolute atomic E-state index is 0.0281. The van der Waals surface area contributed by atoms with Crippen LogP contribution >= 0.6 is 0 Å². The van der Waals surface area contributed by atoms with Crippen molar-refractivity contribution in [1.29, 1.82) is 0 Å². The van der Waals surface area contributed by atoms with E-state index < -0.39 is 17.7 Å². The number of nitrogens with zero attached hydrogens (tertiary/aromatic N) is 3. The van der Waals surface area contributed by atoms with Crippen molar-refractivity contribution in [2.75, 3.05) is 20.8 Å². The van der Waals surface area contributed by atoms with Crippen LogP contribution in [-0.2, 0) is 16.1 Å². The van der Waals surface area contributed by atoms with Crippen molar-refractivity contribution in [3.05, 3.63) is 84.0 Å². The van der Waals surface area contributed by atoms with E-state index in [2.05, 4.69) is 4.98 Å². The lowest BCUT2D eigenvalue weighted by atomic mass is 9.94. The molecule has 1 atom stereocenters. The largest absolute Gasteiger partial charge is 0.507 e. The van der Waals surface area contributed by atoms with Crippen LogP contribution in [0.4, 0.5) is 0 Å². The number of aliphatic hydroxyl groups excluding tert-OH is 1. The van der Waals surface area contributed by atoms with Crippen LogP contribution in [0.15, 0.2) is 72.8 Å². The summed E-state index contributed by atoms with van der Waals surface area (Å²) in [6.07, 6.45) is 5.82. The molecule has 8 heteroatoms. The SMILES string of the molecule is COc1cccc([C@@H]2C(=C(O)c3ccccc3)C(=O)C(=O)N2CCCn2ccnc2)c1OC. The second-order valence-electron chi connectivity index (χ2n) is 7.60. The number of aliphatic hydroxyl groups is 1. The molecule has 0 bridgehead atoms. The first kappa shape index (κ1) is 22.1. The molecule has 0 spiro atoms. The van der Waals surface area contributed by atoms with E-state index >= 15 is 0 Å². The molecular formula is C25H25N3O5. The maximum Gasteiger partial charge on any atom is 0.295 e. The number of benzene rings is 2. The fraction of sp³-hybridized carbons (Fsp3) is 0.240. The van der Waals surface area contributed by atoms with E-state index in [4.69, 9.17) is 9.47 Å². The normalized spacial score (nSPS) is 17.4. The van der Waals surface area contributed by atoms with Gasteiger partial charge in [0, 0.05) is 36.6 Å². The number of carbonyl (C=O) groups excluding carboxylic acids is 2. The van der Waals surface area contributed by atoms with Gasteiger partial charge in [0.05, 0.1) is 32.2 Å². The first-order chi connectivity index (χ1) is 16.1. The lowest BCUT2D eigenvalue weighted by molar-refractivity contribution is -0.140. The molecule has 1 saturated heterocycles. The first-order valence-corrected chi connectivity index (χ1v) is 10.6. The maximum atomic E-state index is 13.2. The van der Waals surface area contributed by atoms with E-state index in [-0.39, 0.29) is 11.3 Å². The summed E-state index contributed by atoms with van der Waals surface area (Å²) in [5.74, 6) is -0.730. The summed E-state index contributed by atoms with van der Waals surface area (Å²) in [6, 6.07) is 13.2. The maximum absolute atomic E-state index is 13.2. The number of ketones is 1. The topological polar surface area (TPSA) is 93.9 Å². The first-order valence-electron chi connectivity index (χ1n) is 10.6. The van der Waals surface area contributed by atoms with Crippen molar-refractivity contribution in [3.63, 3.8) is 0 Å². The summed E-state index contributed by atoms with van der Waals surface area (Å²) in [5.41, 5.74) is 1.05. The number of imidazole rings is 1. The van der Waals surface area contributed by atoms with Gasteiger partial charge in [-0.05, 0) is 12.5 Å². The van der Waals surface area contributed by atoms with E-state index in [1.54, 1.807) is 55.0 Å². The lowest BCUT2D eigenvalue weighted by Crippen LogP contribution is -2.31. The van der Waals surface area contributed by atoms with Crippen LogP contribution in [0.3, 0.4) is 0 Å². The van der Waals surface area contributed by atoms with E-state index in [1.165, 1.54) is 19.1 Å². The Balaban J connectivity index is 1.81. The number of ether oxygens (including phenoxy) is 2. The smallest absolute Gasteiger partial charge is 0.295 e. The Kier molecular flexibility index (Phi) is 6.44. The molecule has 33 heavy (non-hydrogen) atoms. The number of amides is 1. The average Bonchev–Trinajstić information content (AvgIpc) is 3.45. The molecule has 170 valence electrons. The summed E-state index contributed by atoms with van der Waals surface area (Å²) >= 11 is 0. The van der Waals surface area contributed by atoms with Crippen molar-refractivity contribution in [2.24, 2.45) is 0 Å². The van der Waals surface area contributed by atoms with Crippen LogP contribution in [0, 0.1) is 0 Å². The van der Waals surface area contributed by atoms with Crippen LogP contribution in [0.25, 0.3) is 5.76 Å². The molecule has 0 saturated carbocycles. The highest BCUT2D eigenvalue weighted by Gasteiger charge is 2.47. The van der Waals surface area contributed by atoms with Crippen molar-refractivity contribution in [1.82, 2.24) is 14.5 Å². The van der Waals surface area contributed by atoms with Gasteiger partial charge in [-0.1, -0.05) is 42.5 Å². The van der Waals surface area contributed by atoms with Crippen molar-refractivity contribution in [3.8, 4) is 11.5 Å². The quantitative estimate of drug-likeness (QED) is 0.323. The zero-order valence-electron chi connectivity index (χ0n) is 18.5. The van der Waals surface area contributed by atoms with E-state index in [0.717, 1.165) is 0 Å². The molecule has 0 radical (unpaired) electrons. The molecule has 8 nitrogen and oxygen atoms in total. The van der Waals surface area contributed by atoms with Gasteiger partial charge in [-0.3, -0.25) is 9.59 Å². The predicted molar refractivity (Wildman–Crippen MR) is 122 cm³/mol. The molecule has 0 aliphatic carbocycles. The predicted octanol–water partition coefficient (Wildman–Crippen LogP) is 3.41. The molecule has 1 aliphatic heterocycles. The number of likely N-dealkylation sites (tertiary alicyclic amines) is 1. The average molecular weight is 447 g/mol. The monoisotopic (exact) mass is 447 g/mol. The van der Waals surface area contributed by atoms with E-state index in [1.807, 2.05) is 16.8 Å². The summed E-state index contributed by atoms with van der Waals surface area (Å²) in [7, 11) is 3.03. The third-order valence-electron chi connectivity index (χ3n) is 5.69. The number of Topliss-reactive ketones (excluding diaryl/α,β-unsaturated/α-hetero) is 1. The van der Waals surface area contributed by atoms with Crippen LogP contribution in [0.2, 0.25) is 0 Å². The van der Waals surface area contributed by atoms with Gasteiger partial charge in [-0.15, -0.1) is 0 Å². The fourth-order valence-corrected chi connectivity index (χ4v) is 4.16. The highest BCUT2D eigenvalue weighted by atomic mass is 16.5. The molecule has 2 aromatic carbocycles. The molecule has 1 fully saturated rings. The standard InChI is InChI=1S/C25H25N3O5/c1-32-19-11-6-10-18(24(19)33-2)21-20(22(29)17-8-4-3-5-9-17)23(30)25(31)28(21)14-7-13-27-15-12-26-16-27/h3-6,8-12,15-16,21,29H,7,13-14H2,1-2H3/t21-/m1/s1. The Morgan fingerprint density at radius 2 is 1.82 bits per heavy atom. The Bertz CT molecular complexity index is 1170. The number of rotatable bonds is 8. The van der Waals surface area contributed by atoms with Gasteiger partial charge in [0.15, 0.2) is 11.5 Å². The van der Waals surface area contributed by atoms with Gasteiger partial charge in [-0.25, -0.2) is 4.98 Å². The lowest BCUT2D eigenvalue weighted by Gasteiger charge is -2.27. The number of carbonyl (C=O) groups is 2. The molecule has 2 heterocycles. The Morgan fingerprint density at radius 1 is 1.03 bits per heavy atom. The zero-order chi connectivity index (χ0) is 23.4. The number of aryl methyl sites for hydroxylation is 1. The second-order valence-corrected chi connectivity index (χ2v) is 7.60. The molecule has 1 amide bonds. The molecule has 0 unspecified atom stereocenters. The number of para-hydroxylation sites is 1. The summed E-state index contributed by atoms with van der Waals surface area (Å²) in [4.78, 5) is 31.8. The highest BCUT2D eigenvalue weighted by molar-refractivity contribution is 6.46. The van der Waals surface area contributed by atoms with Crippen molar-refractivity contribution >= 4 is 17.4 Å². The Morgan fingerprint density at radius 3 is 2.48 bits per heavy atom. The van der Waals surface area contributed by atoms with Gasteiger partial charge in [0.1, 0.15) is 5.76 Å². The molecule has 4 rings (SSSR count). The van der Waals surface area contributed by atoms with E-state index in [9.17, 15) is 14.7 Å². The summed E-state index contributed by atoms with van der Waals surface area (Å²) in [6.45, 7) is 0.934. The Hall–Kier alpha value is -4.07. The van der Waals surface area contributed by atoms with Crippen LogP contribution in [-0.4, -0.2) is 52.0 Å². The Labute approximate surface area is 191 Å². The van der Waals surface area contributed by atoms with Crippen molar-refractivity contribution < 1.29 is 24.2 Å². The highest BCUT2D eigenvalue weighted by Crippen LogP contribution is 2.45. The molecule has 1 aromatic heterocycles. The van der Waals surface area contributed by atoms with Crippen LogP contribution in [0.5, 0.6) is 11.5 Å². The van der Waals surface area contributed by atoms with Gasteiger partial charge in [0.25, 0.3) is 11.7 Å². The third kappa shape index (κ3) is 4.19. The second kappa shape index (κ2) is 9.60. The number of aromatic nitrogens is 2. The summed E-state index contributed by atoms with van der Waals surface area (Å²) in [5, 5.41) is 11.1. The van der Waals surface area contributed by atoms with Gasteiger partial charge >= 0.3 is 0 Å². The fourth-order valence-electron chi connectivity index (χ4n) is 4.16. The van der Waals surface area contributed by atoms with E-state index in [0.29, 0.717) is 42.1 Å². The summed E-state index contributed by atoms with van der Waals surface area (Å²) < 4.78 is 12.9. The van der Waals surface area contributed by atoms with Crippen LogP contribution < -0.4 is 9.47 Å². The van der Waals surface area contributed by atoms with Crippen LogP contribution in [0.1, 0.15) is 23.6 Å². The third-order valence-corrected chi connectivity index (χ3v) is 5.69. The van der Waals surface area contributed by atoms with Crippen molar-refractivity contribution in [2.45, 2.75) is 19.0 Å². The molecular weight excluding hydrogens is 422 g/mol.